The molecule has 0 saturated carbocycles. The van der Waals surface area contributed by atoms with Gasteiger partial charge in [-0.3, -0.25) is 29.9 Å². The first-order valence-electron chi connectivity index (χ1n) is 20.6. The van der Waals surface area contributed by atoms with Crippen molar-refractivity contribution in [2.75, 3.05) is 21.3 Å². The third-order valence-electron chi connectivity index (χ3n) is 11.5. The lowest BCUT2D eigenvalue weighted by atomic mass is 9.94. The van der Waals surface area contributed by atoms with E-state index >= 15 is 0 Å². The normalized spacial score (nSPS) is 12.0. The average Bonchev–Trinajstić information content (AvgIpc) is 3.38. The first-order chi connectivity index (χ1) is 31.0. The molecule has 0 spiro atoms. The van der Waals surface area contributed by atoms with Crippen LogP contribution in [0.15, 0.2) is 128 Å². The number of rotatable bonds is 12. The maximum atomic E-state index is 6.58. The summed E-state index contributed by atoms with van der Waals surface area (Å²) in [4.78, 5) is 27.2. The number of nitrogens with zero attached hydrogens (tertiary/aromatic N) is 6. The van der Waals surface area contributed by atoms with E-state index in [2.05, 4.69) is 66.3 Å². The molecule has 1 aliphatic rings. The Morgan fingerprint density at radius 2 is 0.619 bits per heavy atom. The van der Waals surface area contributed by atoms with Crippen LogP contribution in [0, 0.1) is 0 Å². The zero-order chi connectivity index (χ0) is 42.7. The summed E-state index contributed by atoms with van der Waals surface area (Å²) in [5.41, 5.74) is 14.1. The highest BCUT2D eigenvalue weighted by atomic mass is 16.5. The van der Waals surface area contributed by atoms with Gasteiger partial charge in [0.1, 0.15) is 19.8 Å². The molecule has 0 bridgehead atoms. The lowest BCUT2D eigenvalue weighted by Crippen LogP contribution is -2.05. The van der Waals surface area contributed by atoms with E-state index in [-0.39, 0.29) is 19.8 Å². The maximum Gasteiger partial charge on any atom is 0.161 e. The van der Waals surface area contributed by atoms with Crippen LogP contribution < -0.4 is 28.4 Å². The molecule has 6 aromatic carbocycles. The number of para-hydroxylation sites is 3. The lowest BCUT2D eigenvalue weighted by Gasteiger charge is -2.18. The van der Waals surface area contributed by atoms with Crippen molar-refractivity contribution in [3.05, 3.63) is 178 Å². The van der Waals surface area contributed by atoms with Crippen LogP contribution in [0.25, 0.3) is 33.1 Å². The van der Waals surface area contributed by atoms with Gasteiger partial charge in [-0.2, -0.15) is 0 Å². The molecule has 1 aliphatic carbocycles. The van der Waals surface area contributed by atoms with Crippen LogP contribution in [0.4, 0.5) is 0 Å². The Balaban J connectivity index is 1.05. The van der Waals surface area contributed by atoms with Gasteiger partial charge in [-0.25, -0.2) is 0 Å². The van der Waals surface area contributed by atoms with Gasteiger partial charge in [-0.1, -0.05) is 36.4 Å². The molecular weight excluding hydrogens is 793 g/mol. The van der Waals surface area contributed by atoms with E-state index in [9.17, 15) is 0 Å². The van der Waals surface area contributed by atoms with Crippen LogP contribution in [0.1, 0.15) is 50.1 Å². The number of methoxy groups -OCH3 is 3. The minimum atomic E-state index is 0.282. The predicted molar refractivity (Wildman–Crippen MR) is 239 cm³/mol. The van der Waals surface area contributed by atoms with Crippen molar-refractivity contribution in [1.82, 2.24) is 29.9 Å². The molecule has 3 heterocycles. The Morgan fingerprint density at radius 1 is 0.349 bits per heavy atom. The van der Waals surface area contributed by atoms with E-state index in [0.29, 0.717) is 53.8 Å². The van der Waals surface area contributed by atoms with Crippen molar-refractivity contribution in [3.63, 3.8) is 0 Å². The van der Waals surface area contributed by atoms with Gasteiger partial charge in [0, 0.05) is 53.9 Å². The quantitative estimate of drug-likeness (QED) is 0.116. The van der Waals surface area contributed by atoms with Crippen LogP contribution in [-0.2, 0) is 39.1 Å². The molecule has 0 unspecified atom stereocenters. The van der Waals surface area contributed by atoms with E-state index < -0.39 is 0 Å². The van der Waals surface area contributed by atoms with Crippen LogP contribution in [-0.4, -0.2) is 51.2 Å². The molecule has 0 fully saturated rings. The first-order valence-corrected chi connectivity index (χ1v) is 20.6. The minimum absolute atomic E-state index is 0.282. The van der Waals surface area contributed by atoms with Crippen molar-refractivity contribution >= 4 is 33.1 Å². The molecule has 12 heteroatoms. The fraction of sp³-hybridized carbons (Fsp3) is 0.176. The van der Waals surface area contributed by atoms with Crippen LogP contribution in [0.5, 0.6) is 34.5 Å². The van der Waals surface area contributed by atoms with Gasteiger partial charge in [0.2, 0.25) is 0 Å². The highest BCUT2D eigenvalue weighted by Gasteiger charge is 2.23. The fourth-order valence-electron chi connectivity index (χ4n) is 8.33. The number of ether oxygens (including phenoxy) is 6. The Kier molecular flexibility index (Phi) is 10.8. The monoisotopic (exact) mass is 834 g/mol. The maximum absolute atomic E-state index is 6.58. The Morgan fingerprint density at radius 3 is 0.905 bits per heavy atom. The predicted octanol–water partition coefficient (Wildman–Crippen LogP) is 9.36. The van der Waals surface area contributed by atoms with Gasteiger partial charge in [-0.15, -0.1) is 0 Å². The third-order valence-corrected chi connectivity index (χ3v) is 11.5. The number of benzene rings is 6. The number of hydrogen-bond donors (Lipinski definition) is 0. The second kappa shape index (κ2) is 17.3. The molecular formula is C51H42N6O6. The molecule has 0 radical (unpaired) electrons. The molecule has 12 nitrogen and oxygen atoms in total. The Bertz CT molecular complexity index is 2810. The van der Waals surface area contributed by atoms with Crippen molar-refractivity contribution in [2.24, 2.45) is 0 Å². The SMILES string of the molecule is COc1cc2c(cc1OCc1cccc3nccnc13)Cc1cc(OC)c(OCc3cccc4nccnc34)cc1Cc1cc(OC)c(OCc3cccc4nccnc34)cc1C2. The van der Waals surface area contributed by atoms with Crippen molar-refractivity contribution in [2.45, 2.75) is 39.1 Å². The first kappa shape index (κ1) is 39.3. The highest BCUT2D eigenvalue weighted by molar-refractivity contribution is 5.79. The molecule has 0 amide bonds. The van der Waals surface area contributed by atoms with Crippen molar-refractivity contribution in [3.8, 4) is 34.5 Å². The molecule has 3 aromatic heterocycles. The number of aromatic nitrogens is 6. The van der Waals surface area contributed by atoms with Gasteiger partial charge in [0.25, 0.3) is 0 Å². The fourth-order valence-corrected chi connectivity index (χ4v) is 8.33. The Labute approximate surface area is 363 Å². The molecule has 63 heavy (non-hydrogen) atoms. The topological polar surface area (TPSA) is 133 Å². The number of hydrogen-bond acceptors (Lipinski definition) is 12. The van der Waals surface area contributed by atoms with Crippen LogP contribution >= 0.6 is 0 Å². The summed E-state index contributed by atoms with van der Waals surface area (Å²) in [6.07, 6.45) is 12.0. The third kappa shape index (κ3) is 7.94. The summed E-state index contributed by atoms with van der Waals surface area (Å²) in [6.45, 7) is 0.846. The Hall–Kier alpha value is -7.86. The zero-order valence-electron chi connectivity index (χ0n) is 35.0. The summed E-state index contributed by atoms with van der Waals surface area (Å²) >= 11 is 0. The standard InChI is InChI=1S/C51H42N6O6/c1-58-43-22-34-19-38-26-47(62-29-32-8-5-11-41-50(32)56-17-14-53-41)45(60-3)24-36(38)21-39-27-48(63-30-33-9-6-12-42-51(33)57-18-15-54-42)44(59-2)23-35(39)20-37(34)25-46(43)61-28-31-7-4-10-40-49(31)55-16-13-52-40/h4-18,22-27H,19-21,28-30H2,1-3H3. The van der Waals surface area contributed by atoms with E-state index in [1.54, 1.807) is 58.5 Å². The van der Waals surface area contributed by atoms with E-state index in [1.807, 2.05) is 54.6 Å². The molecule has 312 valence electrons. The second-order valence-corrected chi connectivity index (χ2v) is 15.2. The van der Waals surface area contributed by atoms with Gasteiger partial charge in [0.15, 0.2) is 34.5 Å². The molecule has 9 aromatic rings. The zero-order valence-corrected chi connectivity index (χ0v) is 35.0. The van der Waals surface area contributed by atoms with E-state index in [1.165, 1.54) is 0 Å². The molecule has 0 atom stereocenters. The van der Waals surface area contributed by atoms with E-state index in [0.717, 1.165) is 83.2 Å². The van der Waals surface area contributed by atoms with E-state index in [4.69, 9.17) is 28.4 Å². The van der Waals surface area contributed by atoms with Crippen LogP contribution in [0.2, 0.25) is 0 Å². The highest BCUT2D eigenvalue weighted by Crippen LogP contribution is 2.42. The van der Waals surface area contributed by atoms with Gasteiger partial charge < -0.3 is 28.4 Å². The van der Waals surface area contributed by atoms with Gasteiger partial charge >= 0.3 is 0 Å². The molecule has 0 saturated heterocycles. The molecule has 10 rings (SSSR count). The second-order valence-electron chi connectivity index (χ2n) is 15.2. The van der Waals surface area contributed by atoms with Crippen molar-refractivity contribution in [1.29, 1.82) is 0 Å². The van der Waals surface area contributed by atoms with Gasteiger partial charge in [0.05, 0.1) is 54.4 Å². The largest absolute Gasteiger partial charge is 0.493 e. The lowest BCUT2D eigenvalue weighted by molar-refractivity contribution is 0.284. The summed E-state index contributed by atoms with van der Waals surface area (Å²) < 4.78 is 37.8. The van der Waals surface area contributed by atoms with Crippen LogP contribution in [0.3, 0.4) is 0 Å². The van der Waals surface area contributed by atoms with Crippen molar-refractivity contribution < 1.29 is 28.4 Å². The average molecular weight is 835 g/mol. The summed E-state index contributed by atoms with van der Waals surface area (Å²) in [6, 6.07) is 30.3. The van der Waals surface area contributed by atoms with Gasteiger partial charge in [-0.05, 0) is 107 Å². The smallest absolute Gasteiger partial charge is 0.161 e. The minimum Gasteiger partial charge on any atom is -0.493 e. The number of fused-ring (bicyclic) bond motifs is 6. The summed E-state index contributed by atoms with van der Waals surface area (Å²) in [5.74, 6) is 3.76. The summed E-state index contributed by atoms with van der Waals surface area (Å²) in [7, 11) is 5.01. The molecule has 0 N–H and O–H groups in total. The summed E-state index contributed by atoms with van der Waals surface area (Å²) in [5, 5.41) is 0. The molecule has 0 aliphatic heterocycles.